The minimum absolute atomic E-state index is 0.0239. The molecule has 0 aliphatic rings. The van der Waals surface area contributed by atoms with Crippen LogP contribution in [0.4, 0.5) is 5.69 Å². The lowest BCUT2D eigenvalue weighted by molar-refractivity contribution is 0.486. The molecule has 0 N–H and O–H groups in total. The molecule has 0 aliphatic heterocycles. The highest BCUT2D eigenvalue weighted by molar-refractivity contribution is 7.87. The van der Waals surface area contributed by atoms with E-state index in [0.29, 0.717) is 5.56 Å². The third-order valence-corrected chi connectivity index (χ3v) is 6.04. The van der Waals surface area contributed by atoms with E-state index < -0.39 is 10.1 Å². The largest absolute Gasteiger partial charge is 0.376 e. The van der Waals surface area contributed by atoms with Crippen LogP contribution in [0.25, 0.3) is 0 Å². The number of aryl methyl sites for hydroxylation is 3. The van der Waals surface area contributed by atoms with Gasteiger partial charge in [-0.15, -0.1) is 0 Å². The van der Waals surface area contributed by atoms with E-state index in [1.54, 1.807) is 30.5 Å². The molecule has 3 aromatic rings. The Morgan fingerprint density at radius 3 is 2.07 bits per heavy atom. The van der Waals surface area contributed by atoms with Crippen LogP contribution in [0, 0.1) is 20.8 Å². The molecule has 0 spiro atoms. The molecule has 0 unspecified atom stereocenters. The maximum Gasteiger partial charge on any atom is 0.339 e. The van der Waals surface area contributed by atoms with Gasteiger partial charge in [0.2, 0.25) is 0 Å². The number of nitrogens with zero attached hydrogens (tertiary/aromatic N) is 1. The van der Waals surface area contributed by atoms with Crippen molar-refractivity contribution in [3.8, 4) is 5.75 Å². The van der Waals surface area contributed by atoms with Crippen LogP contribution in [0.2, 0.25) is 10.0 Å². The van der Waals surface area contributed by atoms with Crippen molar-refractivity contribution in [3.05, 3.63) is 86.9 Å². The second-order valence-corrected chi connectivity index (χ2v) is 9.07. The first kappa shape index (κ1) is 21.4. The van der Waals surface area contributed by atoms with Gasteiger partial charge in [0.05, 0.1) is 15.7 Å². The Morgan fingerprint density at radius 2 is 1.45 bits per heavy atom. The van der Waals surface area contributed by atoms with Crippen molar-refractivity contribution in [1.29, 1.82) is 0 Å². The van der Waals surface area contributed by atoms with Crippen molar-refractivity contribution in [2.75, 3.05) is 0 Å². The van der Waals surface area contributed by atoms with E-state index >= 15 is 0 Å². The van der Waals surface area contributed by atoms with Gasteiger partial charge in [0.1, 0.15) is 4.90 Å². The molecule has 150 valence electrons. The summed E-state index contributed by atoms with van der Waals surface area (Å²) in [5.74, 6) is -0.113. The molecule has 4 nitrogen and oxygen atoms in total. The van der Waals surface area contributed by atoms with Gasteiger partial charge in [0.15, 0.2) is 5.75 Å². The Labute approximate surface area is 180 Å². The highest BCUT2D eigenvalue weighted by atomic mass is 35.5. The number of benzene rings is 3. The van der Waals surface area contributed by atoms with Crippen LogP contribution in [0.3, 0.4) is 0 Å². The average molecular weight is 448 g/mol. The lowest BCUT2D eigenvalue weighted by Gasteiger charge is -2.11. The van der Waals surface area contributed by atoms with Crippen molar-refractivity contribution >= 4 is 45.2 Å². The molecule has 0 saturated carbocycles. The quantitative estimate of drug-likeness (QED) is 0.334. The predicted octanol–water partition coefficient (Wildman–Crippen LogP) is 6.44. The second-order valence-electron chi connectivity index (χ2n) is 6.71. The van der Waals surface area contributed by atoms with Crippen LogP contribution in [0.1, 0.15) is 22.3 Å². The number of aliphatic imine (C=N–C) groups is 1. The van der Waals surface area contributed by atoms with Crippen molar-refractivity contribution < 1.29 is 12.6 Å². The summed E-state index contributed by atoms with van der Waals surface area (Å²) in [6.07, 6.45) is 1.62. The highest BCUT2D eigenvalue weighted by Gasteiger charge is 2.21. The van der Waals surface area contributed by atoms with Crippen LogP contribution >= 0.6 is 23.2 Å². The first-order chi connectivity index (χ1) is 13.7. The van der Waals surface area contributed by atoms with E-state index in [4.69, 9.17) is 27.4 Å². The minimum Gasteiger partial charge on any atom is -0.376 e. The third-order valence-electron chi connectivity index (χ3n) is 4.24. The molecule has 7 heteroatoms. The van der Waals surface area contributed by atoms with Crippen LogP contribution in [-0.4, -0.2) is 14.6 Å². The van der Waals surface area contributed by atoms with Gasteiger partial charge in [-0.2, -0.15) is 8.42 Å². The SMILES string of the molecule is Cc1ccc(S(=O)(=O)Oc2c(Cl)cc(C=Nc3cc(C)ccc3C)cc2Cl)cc1. The van der Waals surface area contributed by atoms with Gasteiger partial charge < -0.3 is 4.18 Å². The molecule has 0 radical (unpaired) electrons. The second kappa shape index (κ2) is 8.57. The van der Waals surface area contributed by atoms with Gasteiger partial charge in [-0.1, -0.05) is 53.0 Å². The van der Waals surface area contributed by atoms with Gasteiger partial charge in [-0.3, -0.25) is 4.99 Å². The summed E-state index contributed by atoms with van der Waals surface area (Å²) < 4.78 is 30.2. The van der Waals surface area contributed by atoms with Gasteiger partial charge in [-0.25, -0.2) is 0 Å². The molecule has 0 aromatic heterocycles. The third kappa shape index (κ3) is 5.18. The molecule has 0 amide bonds. The molecule has 3 rings (SSSR count). The number of hydrogen-bond donors (Lipinski definition) is 0. The van der Waals surface area contributed by atoms with Crippen molar-refractivity contribution in [3.63, 3.8) is 0 Å². The van der Waals surface area contributed by atoms with Gasteiger partial charge in [0.25, 0.3) is 0 Å². The Hall–Kier alpha value is -2.34. The Morgan fingerprint density at radius 1 is 0.862 bits per heavy atom. The van der Waals surface area contributed by atoms with Crippen molar-refractivity contribution in [2.45, 2.75) is 25.7 Å². The van der Waals surface area contributed by atoms with Crippen molar-refractivity contribution in [2.24, 2.45) is 4.99 Å². The topological polar surface area (TPSA) is 55.7 Å². The molecule has 29 heavy (non-hydrogen) atoms. The summed E-state index contributed by atoms with van der Waals surface area (Å²) in [4.78, 5) is 4.50. The zero-order valence-corrected chi connectivity index (χ0v) is 18.4. The fraction of sp³-hybridized carbons (Fsp3) is 0.136. The van der Waals surface area contributed by atoms with Crippen LogP contribution in [0.15, 0.2) is 64.5 Å². The van der Waals surface area contributed by atoms with E-state index in [1.165, 1.54) is 12.1 Å². The lowest BCUT2D eigenvalue weighted by Crippen LogP contribution is -2.10. The highest BCUT2D eigenvalue weighted by Crippen LogP contribution is 2.36. The standard InChI is InChI=1S/C22H19Cl2NO3S/c1-14-5-8-18(9-6-14)29(26,27)28-22-19(23)11-17(12-20(22)24)13-25-21-10-15(2)4-7-16(21)3/h4-13H,1-3H3. The van der Waals surface area contributed by atoms with E-state index in [0.717, 1.165) is 22.4 Å². The lowest BCUT2D eigenvalue weighted by atomic mass is 10.1. The molecular formula is C22H19Cl2NO3S. The molecular weight excluding hydrogens is 429 g/mol. The van der Waals surface area contributed by atoms with Crippen LogP contribution < -0.4 is 4.18 Å². The molecule has 0 bridgehead atoms. The fourth-order valence-electron chi connectivity index (χ4n) is 2.60. The molecule has 0 fully saturated rings. The summed E-state index contributed by atoms with van der Waals surface area (Å²) in [5.41, 5.74) is 4.53. The first-order valence-corrected chi connectivity index (χ1v) is 10.9. The van der Waals surface area contributed by atoms with Crippen LogP contribution in [0.5, 0.6) is 5.75 Å². The number of hydrogen-bond acceptors (Lipinski definition) is 4. The number of rotatable bonds is 5. The number of halogens is 2. The Kier molecular flexibility index (Phi) is 6.32. The maximum absolute atomic E-state index is 12.5. The maximum atomic E-state index is 12.5. The van der Waals surface area contributed by atoms with Gasteiger partial charge >= 0.3 is 10.1 Å². The summed E-state index contributed by atoms with van der Waals surface area (Å²) in [6, 6.07) is 15.4. The average Bonchev–Trinajstić information content (AvgIpc) is 2.66. The van der Waals surface area contributed by atoms with E-state index in [2.05, 4.69) is 4.99 Å². The summed E-state index contributed by atoms with van der Waals surface area (Å²) >= 11 is 12.5. The van der Waals surface area contributed by atoms with Gasteiger partial charge in [0, 0.05) is 6.21 Å². The monoisotopic (exact) mass is 447 g/mol. The van der Waals surface area contributed by atoms with Crippen LogP contribution in [-0.2, 0) is 10.1 Å². The predicted molar refractivity (Wildman–Crippen MR) is 119 cm³/mol. The molecule has 0 aliphatic carbocycles. The minimum atomic E-state index is -4.06. The summed E-state index contributed by atoms with van der Waals surface area (Å²) in [6.45, 7) is 5.83. The smallest absolute Gasteiger partial charge is 0.339 e. The van der Waals surface area contributed by atoms with E-state index in [9.17, 15) is 8.42 Å². The summed E-state index contributed by atoms with van der Waals surface area (Å²) in [7, 11) is -4.06. The van der Waals surface area contributed by atoms with E-state index in [-0.39, 0.29) is 20.7 Å². The molecule has 0 heterocycles. The normalized spacial score (nSPS) is 11.8. The Bertz CT molecular complexity index is 1160. The first-order valence-electron chi connectivity index (χ1n) is 8.77. The molecule has 0 atom stereocenters. The Balaban J connectivity index is 1.88. The zero-order valence-electron chi connectivity index (χ0n) is 16.1. The molecule has 0 saturated heterocycles. The van der Waals surface area contributed by atoms with Gasteiger partial charge in [-0.05, 0) is 67.8 Å². The van der Waals surface area contributed by atoms with Crippen molar-refractivity contribution in [1.82, 2.24) is 0 Å². The molecule has 3 aromatic carbocycles. The van der Waals surface area contributed by atoms with E-state index in [1.807, 2.05) is 39.0 Å². The zero-order chi connectivity index (χ0) is 21.2. The fourth-order valence-corrected chi connectivity index (χ4v) is 4.24. The summed E-state index contributed by atoms with van der Waals surface area (Å²) in [5, 5.41) is 0.159.